The molecule has 0 saturated carbocycles. The van der Waals surface area contributed by atoms with Crippen LogP contribution in [0.3, 0.4) is 0 Å². The van der Waals surface area contributed by atoms with E-state index in [9.17, 15) is 0 Å². The van der Waals surface area contributed by atoms with Gasteiger partial charge in [-0.3, -0.25) is 9.25 Å². The molecule has 0 radical (unpaired) electrons. The Kier molecular flexibility index (Phi) is 3.98. The Morgan fingerprint density at radius 2 is 2.00 bits per heavy atom. The van der Waals surface area contributed by atoms with E-state index in [0.717, 1.165) is 11.3 Å². The third-order valence-electron chi connectivity index (χ3n) is 3.06. The van der Waals surface area contributed by atoms with E-state index in [4.69, 9.17) is 16.3 Å². The number of aromatic nitrogens is 5. The minimum atomic E-state index is 0.306. The molecule has 0 amide bonds. The van der Waals surface area contributed by atoms with Gasteiger partial charge in [0.1, 0.15) is 0 Å². The Balaban J connectivity index is 1.99. The third kappa shape index (κ3) is 2.81. The van der Waals surface area contributed by atoms with Crippen molar-refractivity contribution in [2.75, 3.05) is 13.7 Å². The number of halogens is 1. The number of hydrogen-bond donors (Lipinski definition) is 0. The van der Waals surface area contributed by atoms with Crippen molar-refractivity contribution < 1.29 is 4.74 Å². The maximum atomic E-state index is 6.17. The second-order valence-corrected chi connectivity index (χ2v) is 4.79. The number of methoxy groups -OCH3 is 1. The van der Waals surface area contributed by atoms with Gasteiger partial charge in [0.2, 0.25) is 5.28 Å². The van der Waals surface area contributed by atoms with Gasteiger partial charge in [0.05, 0.1) is 25.0 Å². The highest BCUT2D eigenvalue weighted by molar-refractivity contribution is 6.28. The molecule has 0 saturated heterocycles. The van der Waals surface area contributed by atoms with Crippen molar-refractivity contribution in [2.24, 2.45) is 0 Å². The lowest BCUT2D eigenvalue weighted by Gasteiger charge is -2.04. The molecule has 7 heteroatoms. The van der Waals surface area contributed by atoms with Crippen molar-refractivity contribution in [3.05, 3.63) is 48.0 Å². The van der Waals surface area contributed by atoms with Gasteiger partial charge in [0.25, 0.3) is 0 Å². The maximum absolute atomic E-state index is 6.17. The molecule has 0 aliphatic rings. The Morgan fingerprint density at radius 3 is 2.76 bits per heavy atom. The number of rotatable bonds is 5. The molecule has 0 bridgehead atoms. The fraction of sp³-hybridized carbons (Fsp3) is 0.214. The minimum Gasteiger partial charge on any atom is -0.383 e. The van der Waals surface area contributed by atoms with Crippen molar-refractivity contribution in [3.8, 4) is 17.1 Å². The van der Waals surface area contributed by atoms with Crippen molar-refractivity contribution in [3.63, 3.8) is 0 Å². The maximum Gasteiger partial charge on any atom is 0.230 e. The van der Waals surface area contributed by atoms with Crippen molar-refractivity contribution in [1.29, 1.82) is 0 Å². The van der Waals surface area contributed by atoms with Crippen LogP contribution in [0.2, 0.25) is 5.28 Å². The van der Waals surface area contributed by atoms with Crippen LogP contribution in [-0.2, 0) is 11.3 Å². The summed E-state index contributed by atoms with van der Waals surface area (Å²) in [7, 11) is 1.66. The fourth-order valence-electron chi connectivity index (χ4n) is 2.04. The molecule has 1 aromatic carbocycles. The van der Waals surface area contributed by atoms with Crippen LogP contribution in [0, 0.1) is 0 Å². The van der Waals surface area contributed by atoms with Crippen LogP contribution < -0.4 is 0 Å². The van der Waals surface area contributed by atoms with Gasteiger partial charge in [-0.05, 0) is 11.6 Å². The van der Waals surface area contributed by atoms with Gasteiger partial charge in [0.15, 0.2) is 5.82 Å². The topological polar surface area (TPSA) is 57.8 Å². The average molecular weight is 304 g/mol. The van der Waals surface area contributed by atoms with E-state index >= 15 is 0 Å². The van der Waals surface area contributed by atoms with E-state index in [0.29, 0.717) is 24.3 Å². The molecule has 21 heavy (non-hydrogen) atoms. The zero-order chi connectivity index (χ0) is 14.7. The van der Waals surface area contributed by atoms with Crippen LogP contribution in [0.4, 0.5) is 0 Å². The summed E-state index contributed by atoms with van der Waals surface area (Å²) in [6.07, 6.45) is 3.62. The second kappa shape index (κ2) is 6.07. The number of benzene rings is 1. The minimum absolute atomic E-state index is 0.306. The lowest BCUT2D eigenvalue weighted by Crippen LogP contribution is -2.04. The Labute approximate surface area is 126 Å². The first kappa shape index (κ1) is 13.8. The van der Waals surface area contributed by atoms with Gasteiger partial charge in [-0.15, -0.1) is 10.2 Å². The summed E-state index contributed by atoms with van der Waals surface area (Å²) in [5.41, 5.74) is 1.77. The van der Waals surface area contributed by atoms with Gasteiger partial charge in [-0.25, -0.2) is 0 Å². The van der Waals surface area contributed by atoms with Crippen LogP contribution in [0.15, 0.2) is 42.7 Å². The lowest BCUT2D eigenvalue weighted by molar-refractivity contribution is 0.183. The number of nitrogens with zero attached hydrogens (tertiary/aromatic N) is 5. The summed E-state index contributed by atoms with van der Waals surface area (Å²) < 4.78 is 8.61. The molecule has 6 nitrogen and oxygen atoms in total. The number of hydrogen-bond acceptors (Lipinski definition) is 4. The molecule has 0 spiro atoms. The van der Waals surface area contributed by atoms with Crippen LogP contribution in [0.1, 0.15) is 0 Å². The highest BCUT2D eigenvalue weighted by atomic mass is 35.5. The molecule has 0 fully saturated rings. The first-order valence-electron chi connectivity index (χ1n) is 6.47. The van der Waals surface area contributed by atoms with Crippen LogP contribution in [0.25, 0.3) is 17.1 Å². The van der Waals surface area contributed by atoms with E-state index in [2.05, 4.69) is 15.3 Å². The van der Waals surface area contributed by atoms with Gasteiger partial charge in [0, 0.05) is 18.9 Å². The zero-order valence-corrected chi connectivity index (χ0v) is 12.2. The lowest BCUT2D eigenvalue weighted by atomic mass is 10.2. The Morgan fingerprint density at radius 1 is 1.19 bits per heavy atom. The zero-order valence-electron chi connectivity index (χ0n) is 11.5. The molecule has 0 unspecified atom stereocenters. The molecule has 108 valence electrons. The fourth-order valence-corrected chi connectivity index (χ4v) is 2.26. The van der Waals surface area contributed by atoms with E-state index in [1.165, 1.54) is 0 Å². The molecule has 2 aromatic heterocycles. The molecule has 0 aliphatic carbocycles. The normalized spacial score (nSPS) is 11.0. The molecule has 3 aromatic rings. The summed E-state index contributed by atoms with van der Waals surface area (Å²) in [6.45, 7) is 1.28. The van der Waals surface area contributed by atoms with Crippen molar-refractivity contribution >= 4 is 11.6 Å². The van der Waals surface area contributed by atoms with Crippen LogP contribution in [-0.4, -0.2) is 38.3 Å². The first-order chi connectivity index (χ1) is 10.3. The van der Waals surface area contributed by atoms with Gasteiger partial charge >= 0.3 is 0 Å². The van der Waals surface area contributed by atoms with Crippen molar-refractivity contribution in [2.45, 2.75) is 6.54 Å². The first-order valence-corrected chi connectivity index (χ1v) is 6.85. The monoisotopic (exact) mass is 303 g/mol. The Bertz CT molecular complexity index is 722. The molecule has 2 heterocycles. The van der Waals surface area contributed by atoms with E-state index in [1.54, 1.807) is 22.6 Å². The second-order valence-electron chi connectivity index (χ2n) is 4.45. The molecule has 3 rings (SSSR count). The standard InChI is InChI=1S/C14H14ClN5O/c1-21-8-7-19-10-12(9-16-19)20-13(17-18-14(20)15)11-5-3-2-4-6-11/h2-6,9-10H,7-8H2,1H3. The molecule has 0 atom stereocenters. The van der Waals surface area contributed by atoms with Gasteiger partial charge < -0.3 is 4.74 Å². The predicted octanol–water partition coefficient (Wildman–Crippen LogP) is 2.43. The summed E-state index contributed by atoms with van der Waals surface area (Å²) >= 11 is 6.17. The van der Waals surface area contributed by atoms with Gasteiger partial charge in [-0.2, -0.15) is 5.10 Å². The van der Waals surface area contributed by atoms with E-state index in [1.807, 2.05) is 36.5 Å². The molecular formula is C14H14ClN5O. The van der Waals surface area contributed by atoms with Gasteiger partial charge in [-0.1, -0.05) is 30.3 Å². The molecule has 0 aliphatic heterocycles. The SMILES string of the molecule is COCCn1cc(-n2c(Cl)nnc2-c2ccccc2)cn1. The van der Waals surface area contributed by atoms with Crippen LogP contribution in [0.5, 0.6) is 0 Å². The number of ether oxygens (including phenoxy) is 1. The summed E-state index contributed by atoms with van der Waals surface area (Å²) in [4.78, 5) is 0. The Hall–Kier alpha value is -2.18. The average Bonchev–Trinajstić information content (AvgIpc) is 3.12. The van der Waals surface area contributed by atoms with E-state index < -0.39 is 0 Å². The highest BCUT2D eigenvalue weighted by Gasteiger charge is 2.15. The highest BCUT2D eigenvalue weighted by Crippen LogP contribution is 2.24. The predicted molar refractivity (Wildman–Crippen MR) is 79.5 cm³/mol. The van der Waals surface area contributed by atoms with E-state index in [-0.39, 0.29) is 0 Å². The molecule has 0 N–H and O–H groups in total. The summed E-state index contributed by atoms with van der Waals surface area (Å²) in [5, 5.41) is 12.7. The van der Waals surface area contributed by atoms with Crippen molar-refractivity contribution in [1.82, 2.24) is 24.5 Å². The quantitative estimate of drug-likeness (QED) is 0.726. The largest absolute Gasteiger partial charge is 0.383 e. The van der Waals surface area contributed by atoms with Crippen LogP contribution >= 0.6 is 11.6 Å². The third-order valence-corrected chi connectivity index (χ3v) is 3.30. The summed E-state index contributed by atoms with van der Waals surface area (Å²) in [5.74, 6) is 0.687. The summed E-state index contributed by atoms with van der Waals surface area (Å²) in [6, 6.07) is 9.78. The molecular weight excluding hydrogens is 290 g/mol. The smallest absolute Gasteiger partial charge is 0.230 e.